The van der Waals surface area contributed by atoms with Crippen molar-refractivity contribution in [3.8, 4) is 0 Å². The van der Waals surface area contributed by atoms with E-state index in [1.165, 1.54) is 31.2 Å². The van der Waals surface area contributed by atoms with Crippen LogP contribution in [0.5, 0.6) is 0 Å². The zero-order chi connectivity index (χ0) is 11.6. The normalized spacial score (nSPS) is 10.3. The van der Waals surface area contributed by atoms with Crippen LogP contribution in [-0.2, 0) is 11.3 Å². The van der Waals surface area contributed by atoms with Crippen LogP contribution in [0.1, 0.15) is 51.0 Å². The molecule has 1 rings (SSSR count). The molecule has 0 radical (unpaired) electrons. The lowest BCUT2D eigenvalue weighted by Gasteiger charge is -2.03. The lowest BCUT2D eigenvalue weighted by molar-refractivity contribution is -0.121. The number of amides is 1. The molecule has 0 saturated heterocycles. The number of nitrogens with one attached hydrogen (secondary N) is 1. The summed E-state index contributed by atoms with van der Waals surface area (Å²) in [5.74, 6) is 0.183. The number of thiophene rings is 1. The number of hydrogen-bond donors (Lipinski definition) is 1. The first-order valence-corrected chi connectivity index (χ1v) is 7.05. The molecule has 1 aromatic heterocycles. The molecule has 0 spiro atoms. The van der Waals surface area contributed by atoms with Crippen molar-refractivity contribution in [1.82, 2.24) is 5.32 Å². The molecule has 3 heteroatoms. The van der Waals surface area contributed by atoms with Crippen LogP contribution in [0.3, 0.4) is 0 Å². The molecule has 90 valence electrons. The molecule has 0 aliphatic rings. The molecule has 0 aliphatic heterocycles. The van der Waals surface area contributed by atoms with Gasteiger partial charge in [0.25, 0.3) is 0 Å². The minimum Gasteiger partial charge on any atom is -0.352 e. The minimum atomic E-state index is 0.183. The quantitative estimate of drug-likeness (QED) is 0.688. The molecule has 0 saturated carbocycles. The summed E-state index contributed by atoms with van der Waals surface area (Å²) in [5, 5.41) is 7.05. The second-order valence-electron chi connectivity index (χ2n) is 4.07. The molecule has 0 aromatic carbocycles. The molecule has 1 aromatic rings. The van der Waals surface area contributed by atoms with Gasteiger partial charge in [-0.3, -0.25) is 4.79 Å². The van der Waals surface area contributed by atoms with E-state index >= 15 is 0 Å². The average Bonchev–Trinajstić information content (AvgIpc) is 2.79. The van der Waals surface area contributed by atoms with Gasteiger partial charge in [-0.25, -0.2) is 0 Å². The summed E-state index contributed by atoms with van der Waals surface area (Å²) in [4.78, 5) is 11.5. The number of rotatable bonds is 8. The standard InChI is InChI=1S/C13H21NOS/c1-2-3-4-5-6-7-13(15)14-10-12-8-9-16-11-12/h8-9,11H,2-7,10H2,1H3,(H,14,15). The van der Waals surface area contributed by atoms with Gasteiger partial charge in [0.1, 0.15) is 0 Å². The van der Waals surface area contributed by atoms with Crippen LogP contribution < -0.4 is 5.32 Å². The average molecular weight is 239 g/mol. The van der Waals surface area contributed by atoms with Gasteiger partial charge in [-0.1, -0.05) is 32.6 Å². The highest BCUT2D eigenvalue weighted by Gasteiger charge is 2.01. The van der Waals surface area contributed by atoms with Crippen molar-refractivity contribution in [2.75, 3.05) is 0 Å². The van der Waals surface area contributed by atoms with Gasteiger partial charge in [-0.15, -0.1) is 0 Å². The summed E-state index contributed by atoms with van der Waals surface area (Å²) in [6.45, 7) is 2.88. The molecule has 1 heterocycles. The van der Waals surface area contributed by atoms with E-state index in [0.29, 0.717) is 13.0 Å². The molecule has 1 N–H and O–H groups in total. The smallest absolute Gasteiger partial charge is 0.220 e. The molecule has 0 aliphatic carbocycles. The van der Waals surface area contributed by atoms with E-state index in [2.05, 4.69) is 17.6 Å². The van der Waals surface area contributed by atoms with Gasteiger partial charge in [-0.2, -0.15) is 11.3 Å². The molecule has 0 bridgehead atoms. The van der Waals surface area contributed by atoms with Crippen LogP contribution in [0.15, 0.2) is 16.8 Å². The molecule has 1 amide bonds. The van der Waals surface area contributed by atoms with Gasteiger partial charge in [0.15, 0.2) is 0 Å². The van der Waals surface area contributed by atoms with Gasteiger partial charge >= 0.3 is 0 Å². The Morgan fingerprint density at radius 1 is 1.31 bits per heavy atom. The third-order valence-electron chi connectivity index (χ3n) is 2.58. The Morgan fingerprint density at radius 3 is 2.81 bits per heavy atom. The predicted molar refractivity (Wildman–Crippen MR) is 69.5 cm³/mol. The SMILES string of the molecule is CCCCCCCC(=O)NCc1ccsc1. The highest BCUT2D eigenvalue weighted by atomic mass is 32.1. The molecule has 0 unspecified atom stereocenters. The van der Waals surface area contributed by atoms with Crippen LogP contribution in [0.4, 0.5) is 0 Å². The zero-order valence-electron chi connectivity index (χ0n) is 10.00. The number of hydrogen-bond acceptors (Lipinski definition) is 2. The third-order valence-corrected chi connectivity index (χ3v) is 3.31. The number of carbonyl (C=O) groups excluding carboxylic acids is 1. The van der Waals surface area contributed by atoms with Crippen LogP contribution in [0.2, 0.25) is 0 Å². The third kappa shape index (κ3) is 5.91. The van der Waals surface area contributed by atoms with Crippen molar-refractivity contribution in [3.63, 3.8) is 0 Å². The number of unbranched alkanes of at least 4 members (excludes halogenated alkanes) is 4. The monoisotopic (exact) mass is 239 g/mol. The molecule has 16 heavy (non-hydrogen) atoms. The Balaban J connectivity index is 1.99. The summed E-state index contributed by atoms with van der Waals surface area (Å²) in [6, 6.07) is 2.05. The molecular weight excluding hydrogens is 218 g/mol. The van der Waals surface area contributed by atoms with E-state index in [0.717, 1.165) is 6.42 Å². The topological polar surface area (TPSA) is 29.1 Å². The minimum absolute atomic E-state index is 0.183. The van der Waals surface area contributed by atoms with Gasteiger partial charge in [0, 0.05) is 13.0 Å². The van der Waals surface area contributed by atoms with Crippen molar-refractivity contribution in [3.05, 3.63) is 22.4 Å². The summed E-state index contributed by atoms with van der Waals surface area (Å²) in [5.41, 5.74) is 1.20. The maximum Gasteiger partial charge on any atom is 0.220 e. The fourth-order valence-corrected chi connectivity index (χ4v) is 2.24. The Bertz CT molecular complexity index is 282. The predicted octanol–water partition coefficient (Wildman–Crippen LogP) is 3.72. The summed E-state index contributed by atoms with van der Waals surface area (Å²) in [7, 11) is 0. The second-order valence-corrected chi connectivity index (χ2v) is 4.85. The first-order chi connectivity index (χ1) is 7.83. The lowest BCUT2D eigenvalue weighted by atomic mass is 10.1. The Morgan fingerprint density at radius 2 is 2.12 bits per heavy atom. The van der Waals surface area contributed by atoms with Gasteiger partial charge in [0.05, 0.1) is 0 Å². The Labute approximate surface area is 102 Å². The van der Waals surface area contributed by atoms with Gasteiger partial charge in [-0.05, 0) is 28.8 Å². The van der Waals surface area contributed by atoms with Gasteiger partial charge in [0.2, 0.25) is 5.91 Å². The molecule has 2 nitrogen and oxygen atoms in total. The van der Waals surface area contributed by atoms with E-state index < -0.39 is 0 Å². The van der Waals surface area contributed by atoms with Crippen molar-refractivity contribution < 1.29 is 4.79 Å². The van der Waals surface area contributed by atoms with E-state index in [-0.39, 0.29) is 5.91 Å². The van der Waals surface area contributed by atoms with E-state index in [9.17, 15) is 4.79 Å². The fraction of sp³-hybridized carbons (Fsp3) is 0.615. The molecule has 0 atom stereocenters. The first kappa shape index (κ1) is 13.2. The molecular formula is C13H21NOS. The van der Waals surface area contributed by atoms with Crippen LogP contribution in [0.25, 0.3) is 0 Å². The Hall–Kier alpha value is -0.830. The second kappa shape index (κ2) is 8.34. The summed E-state index contributed by atoms with van der Waals surface area (Å²) >= 11 is 1.67. The first-order valence-electron chi connectivity index (χ1n) is 6.10. The van der Waals surface area contributed by atoms with Gasteiger partial charge < -0.3 is 5.32 Å². The van der Waals surface area contributed by atoms with E-state index in [1.807, 2.05) is 11.4 Å². The van der Waals surface area contributed by atoms with E-state index in [4.69, 9.17) is 0 Å². The van der Waals surface area contributed by atoms with Crippen molar-refractivity contribution >= 4 is 17.2 Å². The highest BCUT2D eigenvalue weighted by Crippen LogP contribution is 2.07. The van der Waals surface area contributed by atoms with Crippen molar-refractivity contribution in [1.29, 1.82) is 0 Å². The maximum atomic E-state index is 11.5. The summed E-state index contributed by atoms with van der Waals surface area (Å²) in [6.07, 6.45) is 6.68. The van der Waals surface area contributed by atoms with Crippen LogP contribution in [-0.4, -0.2) is 5.91 Å². The van der Waals surface area contributed by atoms with Crippen LogP contribution in [0, 0.1) is 0 Å². The van der Waals surface area contributed by atoms with Crippen LogP contribution >= 0.6 is 11.3 Å². The molecule has 0 fully saturated rings. The van der Waals surface area contributed by atoms with E-state index in [1.54, 1.807) is 11.3 Å². The summed E-state index contributed by atoms with van der Waals surface area (Å²) < 4.78 is 0. The highest BCUT2D eigenvalue weighted by molar-refractivity contribution is 7.07. The number of carbonyl (C=O) groups is 1. The zero-order valence-corrected chi connectivity index (χ0v) is 10.8. The lowest BCUT2D eigenvalue weighted by Crippen LogP contribution is -2.21. The van der Waals surface area contributed by atoms with Crippen molar-refractivity contribution in [2.24, 2.45) is 0 Å². The largest absolute Gasteiger partial charge is 0.352 e. The maximum absolute atomic E-state index is 11.5. The van der Waals surface area contributed by atoms with Crippen molar-refractivity contribution in [2.45, 2.75) is 52.0 Å². The fourth-order valence-electron chi connectivity index (χ4n) is 1.57. The Kier molecular flexibility index (Phi) is 6.90.